The molecule has 1 aromatic rings. The fraction of sp³-hybridized carbons (Fsp3) is 0.658. The number of unbranched alkanes of at least 4 members (excludes halogenated alkanes) is 2. The number of aliphatic hydroxyl groups is 2. The van der Waals surface area contributed by atoms with Crippen molar-refractivity contribution in [1.82, 2.24) is 10.2 Å². The van der Waals surface area contributed by atoms with E-state index in [1.165, 1.54) is 7.11 Å². The van der Waals surface area contributed by atoms with Gasteiger partial charge in [-0.1, -0.05) is 50.9 Å². The van der Waals surface area contributed by atoms with Gasteiger partial charge in [-0.25, -0.2) is 9.59 Å². The Kier molecular flexibility index (Phi) is 13.8. The molecule has 1 aliphatic heterocycles. The van der Waals surface area contributed by atoms with Crippen molar-refractivity contribution >= 4 is 17.9 Å². The Balaban J connectivity index is 1.97. The smallest absolute Gasteiger partial charge is 0.412 e. The lowest BCUT2D eigenvalue weighted by molar-refractivity contribution is -0.253. The molecule has 12 heteroatoms. The molecular formula is C38H57N3O9. The van der Waals surface area contributed by atoms with E-state index in [-0.39, 0.29) is 56.0 Å². The van der Waals surface area contributed by atoms with Gasteiger partial charge in [0.2, 0.25) is 5.79 Å². The number of rotatable bonds is 16. The number of nitrogens with one attached hydrogen (secondary N) is 1. The minimum atomic E-state index is -1.38. The zero-order chi connectivity index (χ0) is 36.5. The topological polar surface area (TPSA) is 148 Å². The summed E-state index contributed by atoms with van der Waals surface area (Å²) in [6.45, 7) is 12.7. The highest BCUT2D eigenvalue weighted by Gasteiger charge is 2.65. The number of oxime groups is 1. The lowest BCUT2D eigenvalue weighted by Crippen LogP contribution is -2.69. The van der Waals surface area contributed by atoms with Crippen LogP contribution in [0.4, 0.5) is 9.59 Å². The highest BCUT2D eigenvalue weighted by molar-refractivity contribution is 6.02. The fourth-order valence-electron chi connectivity index (χ4n) is 7.70. The van der Waals surface area contributed by atoms with Gasteiger partial charge in [0, 0.05) is 44.7 Å². The van der Waals surface area contributed by atoms with Gasteiger partial charge in [0.1, 0.15) is 24.7 Å². The number of carbonyl (C=O) groups excluding carboxylic acids is 2. The molecule has 1 fully saturated rings. The molecule has 1 saturated carbocycles. The number of hydrogen-bond acceptors (Lipinski definition) is 10. The Labute approximate surface area is 296 Å². The molecular weight excluding hydrogens is 642 g/mol. The summed E-state index contributed by atoms with van der Waals surface area (Å²) in [6.07, 6.45) is 7.70. The zero-order valence-electron chi connectivity index (χ0n) is 30.6. The maximum atomic E-state index is 13.8. The molecule has 278 valence electrons. The van der Waals surface area contributed by atoms with Gasteiger partial charge in [0.25, 0.3) is 0 Å². The molecule has 2 aliphatic carbocycles. The maximum Gasteiger partial charge on any atom is 0.412 e. The number of carbonyl (C=O) groups is 2. The Morgan fingerprint density at radius 2 is 1.88 bits per heavy atom. The number of ether oxygens (including phenoxy) is 4. The predicted molar refractivity (Wildman–Crippen MR) is 190 cm³/mol. The van der Waals surface area contributed by atoms with Gasteiger partial charge in [-0.15, -0.1) is 6.58 Å². The highest BCUT2D eigenvalue weighted by Crippen LogP contribution is 2.61. The van der Waals surface area contributed by atoms with Crippen LogP contribution in [0.25, 0.3) is 0 Å². The normalized spacial score (nSPS) is 26.1. The van der Waals surface area contributed by atoms with Crippen molar-refractivity contribution in [3.05, 3.63) is 48.1 Å². The van der Waals surface area contributed by atoms with Gasteiger partial charge < -0.3 is 44.2 Å². The molecule has 0 saturated heterocycles. The molecule has 1 aromatic carbocycles. The molecule has 3 N–H and O–H groups in total. The molecule has 12 nitrogen and oxygen atoms in total. The summed E-state index contributed by atoms with van der Waals surface area (Å²) in [4.78, 5) is 33.3. The first kappa shape index (κ1) is 39.2. The van der Waals surface area contributed by atoms with Gasteiger partial charge in [-0.3, -0.25) is 0 Å². The molecule has 4 rings (SSSR count). The van der Waals surface area contributed by atoms with E-state index in [1.54, 1.807) is 30.2 Å². The summed E-state index contributed by atoms with van der Waals surface area (Å²) in [6, 6.07) is 4.69. The third-order valence-electron chi connectivity index (χ3n) is 9.76. The Hall–Kier alpha value is -3.61. The van der Waals surface area contributed by atoms with E-state index in [2.05, 4.69) is 23.1 Å². The van der Waals surface area contributed by atoms with Crippen molar-refractivity contribution in [2.75, 3.05) is 47.1 Å². The van der Waals surface area contributed by atoms with Crippen LogP contribution < -0.4 is 14.8 Å². The van der Waals surface area contributed by atoms with Gasteiger partial charge in [-0.2, -0.15) is 0 Å². The van der Waals surface area contributed by atoms with Crippen LogP contribution in [0.5, 0.6) is 11.5 Å². The van der Waals surface area contributed by atoms with Crippen LogP contribution in [0.2, 0.25) is 0 Å². The zero-order valence-corrected chi connectivity index (χ0v) is 30.6. The first-order valence-electron chi connectivity index (χ1n) is 17.9. The Morgan fingerprint density at radius 3 is 2.52 bits per heavy atom. The van der Waals surface area contributed by atoms with Crippen LogP contribution in [-0.2, 0) is 14.3 Å². The average molecular weight is 700 g/mol. The minimum absolute atomic E-state index is 0.0451. The van der Waals surface area contributed by atoms with Crippen molar-refractivity contribution < 1.29 is 43.6 Å². The highest BCUT2D eigenvalue weighted by atomic mass is 16.7. The van der Waals surface area contributed by atoms with Crippen LogP contribution in [0, 0.1) is 23.2 Å². The largest absolute Gasteiger partial charge is 0.459 e. The quantitative estimate of drug-likeness (QED) is 0.105. The van der Waals surface area contributed by atoms with E-state index in [0.717, 1.165) is 36.8 Å². The standard InChI is InChI=1S/C38H57N3O9/c1-8-20-48-38-32(41(6)36(45)47-24-37(3,4)5)23-30(40-46-7)28-21-25(14-10-12-18-42)27(15-11-13-19-43)33(34(28)38)29-22-26(16-17-31(29)50-38)49-35(44)39-9-2/h8,16-17,21-22,25,27,32-34,42-43H,1,9-15,18-20,23-24H2,2-7H3,(H,39,44). The summed E-state index contributed by atoms with van der Waals surface area (Å²) >= 11 is 0. The third kappa shape index (κ3) is 8.81. The van der Waals surface area contributed by atoms with E-state index in [9.17, 15) is 19.8 Å². The molecule has 0 radical (unpaired) electrons. The van der Waals surface area contributed by atoms with Gasteiger partial charge in [0.05, 0.1) is 24.8 Å². The van der Waals surface area contributed by atoms with Gasteiger partial charge >= 0.3 is 12.2 Å². The fourth-order valence-corrected chi connectivity index (χ4v) is 7.70. The van der Waals surface area contributed by atoms with Crippen molar-refractivity contribution in [3.8, 4) is 11.5 Å². The molecule has 6 unspecified atom stereocenters. The van der Waals surface area contributed by atoms with E-state index in [1.807, 2.05) is 33.8 Å². The average Bonchev–Trinajstić information content (AvgIpc) is 3.08. The first-order chi connectivity index (χ1) is 23.9. The minimum Gasteiger partial charge on any atom is -0.459 e. The van der Waals surface area contributed by atoms with Crippen molar-refractivity contribution in [1.29, 1.82) is 0 Å². The Morgan fingerprint density at radius 1 is 1.16 bits per heavy atom. The Bertz CT molecular complexity index is 1390. The van der Waals surface area contributed by atoms with Crippen LogP contribution in [-0.4, -0.2) is 92.0 Å². The summed E-state index contributed by atoms with van der Waals surface area (Å²) in [5.41, 5.74) is 2.22. The summed E-state index contributed by atoms with van der Waals surface area (Å²) in [5, 5.41) is 26.7. The molecule has 2 amide bonds. The van der Waals surface area contributed by atoms with Gasteiger partial charge in [-0.05, 0) is 73.6 Å². The van der Waals surface area contributed by atoms with E-state index < -0.39 is 29.9 Å². The van der Waals surface area contributed by atoms with Crippen molar-refractivity contribution in [2.45, 2.75) is 90.4 Å². The van der Waals surface area contributed by atoms with Crippen LogP contribution in [0.1, 0.15) is 84.1 Å². The number of likely N-dealkylation sites (N-methyl/N-ethyl adjacent to an activating group) is 1. The second-order valence-corrected chi connectivity index (χ2v) is 14.6. The van der Waals surface area contributed by atoms with Crippen LogP contribution in [0.3, 0.4) is 0 Å². The molecule has 0 bridgehead atoms. The number of amides is 2. The van der Waals surface area contributed by atoms with Crippen LogP contribution >= 0.6 is 0 Å². The number of nitrogens with zero attached hydrogens (tertiary/aromatic N) is 2. The predicted octanol–water partition coefficient (Wildman–Crippen LogP) is 6.17. The number of allylic oxidation sites excluding steroid dienone is 1. The second kappa shape index (κ2) is 17.5. The second-order valence-electron chi connectivity index (χ2n) is 14.6. The number of fused-ring (bicyclic) bond motifs is 2. The first-order valence-corrected chi connectivity index (χ1v) is 17.9. The van der Waals surface area contributed by atoms with Crippen molar-refractivity contribution in [3.63, 3.8) is 0 Å². The van der Waals surface area contributed by atoms with Crippen LogP contribution in [0.15, 0.2) is 47.7 Å². The monoisotopic (exact) mass is 699 g/mol. The van der Waals surface area contributed by atoms with Gasteiger partial charge in [0.15, 0.2) is 0 Å². The lowest BCUT2D eigenvalue weighted by atomic mass is 9.55. The maximum absolute atomic E-state index is 13.8. The summed E-state index contributed by atoms with van der Waals surface area (Å²) in [7, 11) is 3.21. The molecule has 1 heterocycles. The number of benzene rings is 1. The molecule has 6 atom stereocenters. The molecule has 50 heavy (non-hydrogen) atoms. The van der Waals surface area contributed by atoms with E-state index in [0.29, 0.717) is 36.6 Å². The van der Waals surface area contributed by atoms with E-state index in [4.69, 9.17) is 23.8 Å². The summed E-state index contributed by atoms with van der Waals surface area (Å²) in [5.74, 6) is -1.01. The molecule has 0 aromatic heterocycles. The van der Waals surface area contributed by atoms with Crippen molar-refractivity contribution in [2.24, 2.45) is 28.3 Å². The molecule has 3 aliphatic rings. The lowest BCUT2D eigenvalue weighted by Gasteiger charge is -2.59. The number of aliphatic hydroxyl groups excluding tert-OH is 2. The summed E-state index contributed by atoms with van der Waals surface area (Å²) < 4.78 is 25.4. The third-order valence-corrected chi connectivity index (χ3v) is 9.76. The SMILES string of the molecule is C=CCOC12Oc3ccc(OC(=O)NCC)cc3C3C(CCCCO)C(CCCCO)C=C(C(=NOC)CC1N(C)C(=O)OCC(C)(C)C)C32. The molecule has 0 spiro atoms. The number of hydrogen-bond donors (Lipinski definition) is 3. The van der Waals surface area contributed by atoms with E-state index >= 15 is 0 Å².